The van der Waals surface area contributed by atoms with Gasteiger partial charge in [0.2, 0.25) is 0 Å². The van der Waals surface area contributed by atoms with Crippen LogP contribution in [-0.4, -0.2) is 10.8 Å². The molecule has 0 aliphatic heterocycles. The Bertz CT molecular complexity index is 100. The minimum absolute atomic E-state index is 0.334. The number of hydrogen-bond donors (Lipinski definition) is 2. The summed E-state index contributed by atoms with van der Waals surface area (Å²) < 4.78 is 0. The van der Waals surface area contributed by atoms with Gasteiger partial charge in [-0.15, -0.1) is 0 Å². The quantitative estimate of drug-likeness (QED) is 0.542. The molecule has 0 heterocycles. The molecule has 0 aromatic heterocycles. The fourth-order valence-corrected chi connectivity index (χ4v) is 1.69. The molecule has 0 aromatic carbocycles. The largest absolute Gasteiger partial charge is 0.376 e. The summed E-state index contributed by atoms with van der Waals surface area (Å²) in [6, 6.07) is 0. The van der Waals surface area contributed by atoms with Gasteiger partial charge in [0.15, 0.2) is 0 Å². The number of hydrogen-bond acceptors (Lipinski definition) is 2. The maximum Gasteiger partial charge on any atom is 0.113 e. The van der Waals surface area contributed by atoms with E-state index >= 15 is 0 Å². The predicted molar refractivity (Wildman–Crippen MR) is 41.4 cm³/mol. The Morgan fingerprint density at radius 1 is 1.30 bits per heavy atom. The van der Waals surface area contributed by atoms with Gasteiger partial charge in [0.1, 0.15) is 5.72 Å². The fraction of sp³-hybridized carbons (Fsp3) is 1.00. The first-order valence-electron chi connectivity index (χ1n) is 4.12. The van der Waals surface area contributed by atoms with Crippen LogP contribution in [0.1, 0.15) is 39.0 Å². The standard InChI is InChI=1S/C8H17NO/c1-8(9,10)7-5-3-2-4-6-7/h7,10H,2-6,9H2,1H3/t8-/m0/s1. The molecule has 0 amide bonds. The summed E-state index contributed by atoms with van der Waals surface area (Å²) in [6.45, 7) is 1.71. The molecule has 1 fully saturated rings. The molecule has 60 valence electrons. The average Bonchev–Trinajstić information content (AvgIpc) is 1.88. The molecule has 2 nitrogen and oxygen atoms in total. The van der Waals surface area contributed by atoms with E-state index in [-0.39, 0.29) is 0 Å². The average molecular weight is 143 g/mol. The molecular formula is C8H17NO. The molecule has 1 aliphatic rings. The second kappa shape index (κ2) is 2.89. The van der Waals surface area contributed by atoms with Crippen LogP contribution in [0.15, 0.2) is 0 Å². The van der Waals surface area contributed by atoms with Gasteiger partial charge in [-0.2, -0.15) is 0 Å². The molecule has 1 saturated carbocycles. The van der Waals surface area contributed by atoms with Crippen molar-refractivity contribution < 1.29 is 5.11 Å². The minimum atomic E-state index is -0.930. The molecule has 3 N–H and O–H groups in total. The highest BCUT2D eigenvalue weighted by atomic mass is 16.3. The van der Waals surface area contributed by atoms with Crippen LogP contribution in [0.5, 0.6) is 0 Å². The number of rotatable bonds is 1. The van der Waals surface area contributed by atoms with Crippen LogP contribution in [0.2, 0.25) is 0 Å². The molecule has 0 aromatic rings. The van der Waals surface area contributed by atoms with Crippen molar-refractivity contribution in [3.63, 3.8) is 0 Å². The molecular weight excluding hydrogens is 126 g/mol. The van der Waals surface area contributed by atoms with Crippen molar-refractivity contribution in [1.29, 1.82) is 0 Å². The molecule has 10 heavy (non-hydrogen) atoms. The summed E-state index contributed by atoms with van der Waals surface area (Å²) >= 11 is 0. The van der Waals surface area contributed by atoms with Crippen molar-refractivity contribution in [2.24, 2.45) is 11.7 Å². The van der Waals surface area contributed by atoms with Gasteiger partial charge < -0.3 is 10.8 Å². The Morgan fingerprint density at radius 3 is 2.10 bits per heavy atom. The molecule has 0 saturated heterocycles. The lowest BCUT2D eigenvalue weighted by Gasteiger charge is -2.31. The Morgan fingerprint density at radius 2 is 1.80 bits per heavy atom. The normalized spacial score (nSPS) is 27.9. The second-order valence-electron chi connectivity index (χ2n) is 3.56. The fourth-order valence-electron chi connectivity index (χ4n) is 1.69. The molecule has 1 atom stereocenters. The zero-order valence-corrected chi connectivity index (χ0v) is 6.64. The summed E-state index contributed by atoms with van der Waals surface area (Å²) in [5.74, 6) is 0.334. The lowest BCUT2D eigenvalue weighted by Crippen LogP contribution is -2.44. The Labute approximate surface area is 62.4 Å². The predicted octanol–water partition coefficient (Wildman–Crippen LogP) is 1.23. The molecule has 0 unspecified atom stereocenters. The zero-order valence-electron chi connectivity index (χ0n) is 6.64. The first-order valence-corrected chi connectivity index (χ1v) is 4.12. The van der Waals surface area contributed by atoms with E-state index in [2.05, 4.69) is 0 Å². The molecule has 0 bridgehead atoms. The van der Waals surface area contributed by atoms with Gasteiger partial charge in [0, 0.05) is 5.92 Å². The first-order chi connectivity index (χ1) is 4.61. The van der Waals surface area contributed by atoms with E-state index < -0.39 is 5.72 Å². The third kappa shape index (κ3) is 1.96. The monoisotopic (exact) mass is 143 g/mol. The van der Waals surface area contributed by atoms with Crippen LogP contribution >= 0.6 is 0 Å². The third-order valence-corrected chi connectivity index (χ3v) is 2.43. The molecule has 1 aliphatic carbocycles. The Hall–Kier alpha value is -0.0800. The van der Waals surface area contributed by atoms with Crippen LogP contribution in [0, 0.1) is 5.92 Å². The smallest absolute Gasteiger partial charge is 0.113 e. The van der Waals surface area contributed by atoms with Crippen molar-refractivity contribution in [3.8, 4) is 0 Å². The number of nitrogens with two attached hydrogens (primary N) is 1. The van der Waals surface area contributed by atoms with Crippen molar-refractivity contribution in [3.05, 3.63) is 0 Å². The van der Waals surface area contributed by atoms with E-state index in [0.29, 0.717) is 5.92 Å². The van der Waals surface area contributed by atoms with Gasteiger partial charge in [-0.25, -0.2) is 0 Å². The maximum atomic E-state index is 9.42. The summed E-state index contributed by atoms with van der Waals surface area (Å²) in [5.41, 5.74) is 4.64. The van der Waals surface area contributed by atoms with Crippen LogP contribution in [0.3, 0.4) is 0 Å². The lowest BCUT2D eigenvalue weighted by molar-refractivity contribution is -0.0106. The second-order valence-corrected chi connectivity index (χ2v) is 3.56. The number of aliphatic hydroxyl groups is 1. The van der Waals surface area contributed by atoms with E-state index in [1.165, 1.54) is 19.3 Å². The van der Waals surface area contributed by atoms with Gasteiger partial charge in [0.05, 0.1) is 0 Å². The maximum absolute atomic E-state index is 9.42. The molecule has 0 spiro atoms. The zero-order chi connectivity index (χ0) is 7.61. The van der Waals surface area contributed by atoms with Gasteiger partial charge >= 0.3 is 0 Å². The van der Waals surface area contributed by atoms with Gasteiger partial charge in [-0.05, 0) is 19.8 Å². The summed E-state index contributed by atoms with van der Waals surface area (Å²) in [4.78, 5) is 0. The highest BCUT2D eigenvalue weighted by Gasteiger charge is 2.28. The van der Waals surface area contributed by atoms with Gasteiger partial charge in [-0.1, -0.05) is 19.3 Å². The molecule has 1 rings (SSSR count). The van der Waals surface area contributed by atoms with Crippen molar-refractivity contribution in [2.75, 3.05) is 0 Å². The van der Waals surface area contributed by atoms with E-state index in [1.807, 2.05) is 0 Å². The van der Waals surface area contributed by atoms with E-state index in [0.717, 1.165) is 12.8 Å². The van der Waals surface area contributed by atoms with Gasteiger partial charge in [-0.3, -0.25) is 0 Å². The minimum Gasteiger partial charge on any atom is -0.376 e. The Kier molecular flexibility index (Phi) is 2.32. The lowest BCUT2D eigenvalue weighted by atomic mass is 9.83. The van der Waals surface area contributed by atoms with Crippen molar-refractivity contribution in [2.45, 2.75) is 44.8 Å². The summed E-state index contributed by atoms with van der Waals surface area (Å²) in [5, 5.41) is 9.42. The van der Waals surface area contributed by atoms with E-state index in [1.54, 1.807) is 6.92 Å². The topological polar surface area (TPSA) is 46.2 Å². The van der Waals surface area contributed by atoms with E-state index in [4.69, 9.17) is 5.73 Å². The first kappa shape index (κ1) is 8.02. The SMILES string of the molecule is C[C@](N)(O)C1CCCCC1. The molecule has 2 heteroatoms. The molecule has 0 radical (unpaired) electrons. The Balaban J connectivity index is 2.39. The summed E-state index contributed by atoms with van der Waals surface area (Å²) in [6.07, 6.45) is 5.98. The van der Waals surface area contributed by atoms with Gasteiger partial charge in [0.25, 0.3) is 0 Å². The third-order valence-electron chi connectivity index (χ3n) is 2.43. The van der Waals surface area contributed by atoms with E-state index in [9.17, 15) is 5.11 Å². The van der Waals surface area contributed by atoms with Crippen LogP contribution in [0.25, 0.3) is 0 Å². The highest BCUT2D eigenvalue weighted by Crippen LogP contribution is 2.29. The van der Waals surface area contributed by atoms with Crippen molar-refractivity contribution >= 4 is 0 Å². The van der Waals surface area contributed by atoms with Crippen molar-refractivity contribution in [1.82, 2.24) is 0 Å². The van der Waals surface area contributed by atoms with Crippen LogP contribution in [0.4, 0.5) is 0 Å². The van der Waals surface area contributed by atoms with Crippen LogP contribution < -0.4 is 5.73 Å². The highest BCUT2D eigenvalue weighted by molar-refractivity contribution is 4.78. The summed E-state index contributed by atoms with van der Waals surface area (Å²) in [7, 11) is 0. The van der Waals surface area contributed by atoms with Crippen LogP contribution in [-0.2, 0) is 0 Å².